The van der Waals surface area contributed by atoms with E-state index in [0.717, 1.165) is 32.3 Å². The standard InChI is InChI=1S/C11H24N2O/c1-4-14-8-7-12-9-10(2)13(3)11-5-6-11/h10-12H,4-9H2,1-3H3. The van der Waals surface area contributed by atoms with Crippen LogP contribution in [0.25, 0.3) is 0 Å². The third kappa shape index (κ3) is 4.40. The van der Waals surface area contributed by atoms with Gasteiger partial charge in [-0.05, 0) is 33.7 Å². The molecule has 0 aromatic heterocycles. The van der Waals surface area contributed by atoms with Gasteiger partial charge < -0.3 is 10.1 Å². The minimum absolute atomic E-state index is 0.643. The highest BCUT2D eigenvalue weighted by Crippen LogP contribution is 2.26. The van der Waals surface area contributed by atoms with E-state index in [2.05, 4.69) is 24.2 Å². The number of hydrogen-bond donors (Lipinski definition) is 1. The van der Waals surface area contributed by atoms with Gasteiger partial charge in [0.1, 0.15) is 0 Å². The van der Waals surface area contributed by atoms with Crippen molar-refractivity contribution in [3.8, 4) is 0 Å². The van der Waals surface area contributed by atoms with Gasteiger partial charge in [-0.15, -0.1) is 0 Å². The van der Waals surface area contributed by atoms with Gasteiger partial charge in [0.25, 0.3) is 0 Å². The second-order valence-electron chi connectivity index (χ2n) is 4.15. The number of nitrogens with zero attached hydrogens (tertiary/aromatic N) is 1. The zero-order chi connectivity index (χ0) is 10.4. The molecular formula is C11H24N2O. The van der Waals surface area contributed by atoms with E-state index in [1.807, 2.05) is 6.92 Å². The summed E-state index contributed by atoms with van der Waals surface area (Å²) >= 11 is 0. The van der Waals surface area contributed by atoms with Crippen molar-refractivity contribution in [3.63, 3.8) is 0 Å². The first-order chi connectivity index (χ1) is 6.75. The van der Waals surface area contributed by atoms with Gasteiger partial charge in [-0.1, -0.05) is 0 Å². The number of likely N-dealkylation sites (N-methyl/N-ethyl adjacent to an activating group) is 1. The molecule has 1 saturated carbocycles. The maximum absolute atomic E-state index is 5.26. The van der Waals surface area contributed by atoms with E-state index >= 15 is 0 Å². The topological polar surface area (TPSA) is 24.5 Å². The highest BCUT2D eigenvalue weighted by atomic mass is 16.5. The van der Waals surface area contributed by atoms with Crippen LogP contribution in [-0.4, -0.2) is 50.3 Å². The van der Waals surface area contributed by atoms with E-state index in [0.29, 0.717) is 6.04 Å². The molecule has 0 aromatic carbocycles. The van der Waals surface area contributed by atoms with Gasteiger partial charge >= 0.3 is 0 Å². The average Bonchev–Trinajstić information content (AvgIpc) is 2.99. The molecule has 1 atom stereocenters. The highest BCUT2D eigenvalue weighted by Gasteiger charge is 2.28. The molecule has 0 aliphatic heterocycles. The SMILES string of the molecule is CCOCCNCC(C)N(C)C1CC1. The maximum atomic E-state index is 5.26. The van der Waals surface area contributed by atoms with E-state index in [1.54, 1.807) is 0 Å². The smallest absolute Gasteiger partial charge is 0.0590 e. The van der Waals surface area contributed by atoms with Crippen LogP contribution in [0.15, 0.2) is 0 Å². The molecule has 14 heavy (non-hydrogen) atoms. The lowest BCUT2D eigenvalue weighted by Gasteiger charge is -2.24. The van der Waals surface area contributed by atoms with Crippen molar-refractivity contribution in [2.24, 2.45) is 0 Å². The molecule has 0 radical (unpaired) electrons. The third-order valence-corrected chi connectivity index (χ3v) is 2.89. The fourth-order valence-electron chi connectivity index (χ4n) is 1.59. The van der Waals surface area contributed by atoms with Gasteiger partial charge in [-0.3, -0.25) is 4.90 Å². The Bertz CT molecular complexity index is 148. The summed E-state index contributed by atoms with van der Waals surface area (Å²) in [5.41, 5.74) is 0. The van der Waals surface area contributed by atoms with Crippen LogP contribution in [0.4, 0.5) is 0 Å². The van der Waals surface area contributed by atoms with Crippen LogP contribution >= 0.6 is 0 Å². The van der Waals surface area contributed by atoms with Crippen LogP contribution in [0.3, 0.4) is 0 Å². The van der Waals surface area contributed by atoms with Crippen LogP contribution < -0.4 is 5.32 Å². The number of ether oxygens (including phenoxy) is 1. The van der Waals surface area contributed by atoms with Crippen molar-refractivity contribution in [3.05, 3.63) is 0 Å². The van der Waals surface area contributed by atoms with Gasteiger partial charge in [0.2, 0.25) is 0 Å². The zero-order valence-corrected chi connectivity index (χ0v) is 9.75. The second kappa shape index (κ2) is 6.38. The van der Waals surface area contributed by atoms with Gasteiger partial charge in [0.15, 0.2) is 0 Å². The summed E-state index contributed by atoms with van der Waals surface area (Å²) in [7, 11) is 2.23. The van der Waals surface area contributed by atoms with Gasteiger partial charge in [-0.2, -0.15) is 0 Å². The minimum Gasteiger partial charge on any atom is -0.380 e. The second-order valence-corrected chi connectivity index (χ2v) is 4.15. The quantitative estimate of drug-likeness (QED) is 0.594. The molecule has 0 aromatic rings. The summed E-state index contributed by atoms with van der Waals surface area (Å²) in [5.74, 6) is 0. The Hall–Kier alpha value is -0.120. The molecule has 0 bridgehead atoms. The number of rotatable bonds is 8. The van der Waals surface area contributed by atoms with Crippen LogP contribution in [0.1, 0.15) is 26.7 Å². The highest BCUT2D eigenvalue weighted by molar-refractivity contribution is 4.85. The van der Waals surface area contributed by atoms with Crippen LogP contribution in [0.2, 0.25) is 0 Å². The lowest BCUT2D eigenvalue weighted by Crippen LogP contribution is -2.40. The first-order valence-electron chi connectivity index (χ1n) is 5.76. The summed E-state index contributed by atoms with van der Waals surface area (Å²) in [6.07, 6.45) is 2.78. The Morgan fingerprint density at radius 2 is 2.21 bits per heavy atom. The summed E-state index contributed by atoms with van der Waals surface area (Å²) in [4.78, 5) is 2.48. The van der Waals surface area contributed by atoms with Crippen molar-refractivity contribution in [2.45, 2.75) is 38.8 Å². The maximum Gasteiger partial charge on any atom is 0.0590 e. The van der Waals surface area contributed by atoms with E-state index in [9.17, 15) is 0 Å². The Labute approximate surface area is 87.8 Å². The summed E-state index contributed by atoms with van der Waals surface area (Å²) < 4.78 is 5.26. The largest absolute Gasteiger partial charge is 0.380 e. The molecule has 1 rings (SSSR count). The van der Waals surface area contributed by atoms with Gasteiger partial charge in [-0.25, -0.2) is 0 Å². The Morgan fingerprint density at radius 1 is 1.50 bits per heavy atom. The van der Waals surface area contributed by atoms with Crippen molar-refractivity contribution in [1.82, 2.24) is 10.2 Å². The molecular weight excluding hydrogens is 176 g/mol. The van der Waals surface area contributed by atoms with E-state index in [4.69, 9.17) is 4.74 Å². The van der Waals surface area contributed by atoms with E-state index < -0.39 is 0 Å². The normalized spacial score (nSPS) is 18.9. The molecule has 0 saturated heterocycles. The van der Waals surface area contributed by atoms with Crippen molar-refractivity contribution < 1.29 is 4.74 Å². The molecule has 0 spiro atoms. The van der Waals surface area contributed by atoms with Gasteiger partial charge in [0, 0.05) is 31.8 Å². The predicted molar refractivity (Wildman–Crippen MR) is 59.6 cm³/mol. The van der Waals surface area contributed by atoms with E-state index in [1.165, 1.54) is 12.8 Å². The molecule has 1 fully saturated rings. The molecule has 1 aliphatic rings. The molecule has 1 unspecified atom stereocenters. The van der Waals surface area contributed by atoms with Crippen molar-refractivity contribution in [2.75, 3.05) is 33.4 Å². The molecule has 0 amide bonds. The van der Waals surface area contributed by atoms with Crippen molar-refractivity contribution >= 4 is 0 Å². The summed E-state index contributed by atoms with van der Waals surface area (Å²) in [5, 5.41) is 3.42. The molecule has 3 nitrogen and oxygen atoms in total. The van der Waals surface area contributed by atoms with Crippen LogP contribution in [0.5, 0.6) is 0 Å². The van der Waals surface area contributed by atoms with Crippen LogP contribution in [-0.2, 0) is 4.74 Å². The lowest BCUT2D eigenvalue weighted by atomic mass is 10.3. The molecule has 3 heteroatoms. The fraction of sp³-hybridized carbons (Fsp3) is 1.00. The van der Waals surface area contributed by atoms with Gasteiger partial charge in [0.05, 0.1) is 6.61 Å². The Balaban J connectivity index is 1.94. The zero-order valence-electron chi connectivity index (χ0n) is 9.75. The molecule has 0 heterocycles. The minimum atomic E-state index is 0.643. The van der Waals surface area contributed by atoms with Crippen LogP contribution in [0, 0.1) is 0 Å². The Morgan fingerprint density at radius 3 is 2.79 bits per heavy atom. The Kier molecular flexibility index (Phi) is 5.45. The van der Waals surface area contributed by atoms with E-state index in [-0.39, 0.29) is 0 Å². The first-order valence-corrected chi connectivity index (χ1v) is 5.76. The average molecular weight is 200 g/mol. The molecule has 1 aliphatic carbocycles. The third-order valence-electron chi connectivity index (χ3n) is 2.89. The lowest BCUT2D eigenvalue weighted by molar-refractivity contribution is 0.146. The number of nitrogens with one attached hydrogen (secondary N) is 1. The van der Waals surface area contributed by atoms with Crippen molar-refractivity contribution in [1.29, 1.82) is 0 Å². The fourth-order valence-corrected chi connectivity index (χ4v) is 1.59. The predicted octanol–water partition coefficient (Wildman–Crippen LogP) is 1.10. The summed E-state index contributed by atoms with van der Waals surface area (Å²) in [6.45, 7) is 8.00. The molecule has 1 N–H and O–H groups in total. The molecule has 84 valence electrons. The first kappa shape index (κ1) is 12.0. The number of hydrogen-bond acceptors (Lipinski definition) is 3. The summed E-state index contributed by atoms with van der Waals surface area (Å²) in [6, 6.07) is 1.50. The monoisotopic (exact) mass is 200 g/mol.